The average molecular weight is 186 g/mol. The van der Waals surface area contributed by atoms with Crippen molar-refractivity contribution in [2.24, 2.45) is 5.92 Å². The van der Waals surface area contributed by atoms with Gasteiger partial charge < -0.3 is 0 Å². The Bertz CT molecular complexity index is 322. The second-order valence-electron chi connectivity index (χ2n) is 3.62. The van der Waals surface area contributed by atoms with Crippen LogP contribution < -0.4 is 0 Å². The Kier molecular flexibility index (Phi) is 4.18. The first-order chi connectivity index (χ1) is 6.74. The van der Waals surface area contributed by atoms with E-state index >= 15 is 0 Å². The largest absolute Gasteiger partial charge is 0.0877 e. The van der Waals surface area contributed by atoms with Crippen molar-refractivity contribution in [1.29, 1.82) is 0 Å². The van der Waals surface area contributed by atoms with E-state index in [1.54, 1.807) is 0 Å². The summed E-state index contributed by atoms with van der Waals surface area (Å²) in [6.07, 6.45) is 17.1. The third-order valence-corrected chi connectivity index (χ3v) is 2.32. The summed E-state index contributed by atoms with van der Waals surface area (Å²) in [6, 6.07) is 0. The maximum atomic E-state index is 2.24. The van der Waals surface area contributed by atoms with Crippen LogP contribution in [0.4, 0.5) is 0 Å². The van der Waals surface area contributed by atoms with Crippen molar-refractivity contribution in [2.45, 2.75) is 20.8 Å². The molecule has 0 bridgehead atoms. The van der Waals surface area contributed by atoms with E-state index < -0.39 is 0 Å². The molecule has 74 valence electrons. The van der Waals surface area contributed by atoms with E-state index in [0.717, 1.165) is 0 Å². The van der Waals surface area contributed by atoms with Gasteiger partial charge in [0.15, 0.2) is 0 Å². The zero-order valence-corrected chi connectivity index (χ0v) is 9.20. The van der Waals surface area contributed by atoms with E-state index in [4.69, 9.17) is 0 Å². The van der Waals surface area contributed by atoms with Gasteiger partial charge in [-0.15, -0.1) is 0 Å². The van der Waals surface area contributed by atoms with Crippen LogP contribution >= 0.6 is 0 Å². The summed E-state index contributed by atoms with van der Waals surface area (Å²) >= 11 is 0. The van der Waals surface area contributed by atoms with Crippen molar-refractivity contribution in [3.8, 4) is 0 Å². The highest BCUT2D eigenvalue weighted by molar-refractivity contribution is 5.32. The molecule has 1 aliphatic rings. The average Bonchev–Trinajstić information content (AvgIpc) is 2.58. The summed E-state index contributed by atoms with van der Waals surface area (Å²) in [5, 5.41) is 0. The molecule has 0 nitrogen and oxygen atoms in total. The Hall–Kier alpha value is -1.30. The number of allylic oxidation sites excluding steroid dienone is 10. The van der Waals surface area contributed by atoms with Gasteiger partial charge in [0, 0.05) is 5.92 Å². The van der Waals surface area contributed by atoms with Crippen LogP contribution in [0.25, 0.3) is 0 Å². The number of rotatable bonds is 3. The van der Waals surface area contributed by atoms with Gasteiger partial charge >= 0.3 is 0 Å². The summed E-state index contributed by atoms with van der Waals surface area (Å²) in [4.78, 5) is 0. The fraction of sp³-hybridized carbons (Fsp3) is 0.286. The molecule has 0 spiro atoms. The van der Waals surface area contributed by atoms with Crippen LogP contribution in [0.1, 0.15) is 20.8 Å². The molecular weight excluding hydrogens is 168 g/mol. The molecule has 1 unspecified atom stereocenters. The predicted octanol–water partition coefficient (Wildman–Crippen LogP) is 4.20. The Morgan fingerprint density at radius 2 is 2.21 bits per heavy atom. The topological polar surface area (TPSA) is 0 Å². The third-order valence-electron chi connectivity index (χ3n) is 2.32. The van der Waals surface area contributed by atoms with Crippen LogP contribution in [-0.2, 0) is 0 Å². The van der Waals surface area contributed by atoms with Crippen molar-refractivity contribution in [2.75, 3.05) is 0 Å². The van der Waals surface area contributed by atoms with E-state index in [9.17, 15) is 0 Å². The minimum atomic E-state index is 0.504. The van der Waals surface area contributed by atoms with E-state index in [0.29, 0.717) is 5.92 Å². The fourth-order valence-corrected chi connectivity index (χ4v) is 1.36. The van der Waals surface area contributed by atoms with Crippen LogP contribution in [0.15, 0.2) is 59.8 Å². The molecule has 0 heteroatoms. The summed E-state index contributed by atoms with van der Waals surface area (Å²) in [5.74, 6) is 0.504. The van der Waals surface area contributed by atoms with Crippen LogP contribution in [0.2, 0.25) is 0 Å². The van der Waals surface area contributed by atoms with E-state index in [2.05, 4.69) is 56.4 Å². The Labute approximate surface area is 87.0 Å². The molecule has 0 aromatic rings. The molecule has 0 aliphatic heterocycles. The second-order valence-corrected chi connectivity index (χ2v) is 3.62. The molecule has 0 saturated heterocycles. The molecule has 0 aromatic carbocycles. The quantitative estimate of drug-likeness (QED) is 0.579. The molecule has 14 heavy (non-hydrogen) atoms. The highest BCUT2D eigenvalue weighted by atomic mass is 14.1. The van der Waals surface area contributed by atoms with Crippen LogP contribution in [0.3, 0.4) is 0 Å². The SMILES string of the molecule is C/C=C/C=C(C)\C=C/C1C=CC=C1C. The molecule has 0 saturated carbocycles. The van der Waals surface area contributed by atoms with Gasteiger partial charge in [0.25, 0.3) is 0 Å². The van der Waals surface area contributed by atoms with Crippen molar-refractivity contribution in [1.82, 2.24) is 0 Å². The van der Waals surface area contributed by atoms with E-state index in [1.807, 2.05) is 13.0 Å². The van der Waals surface area contributed by atoms with Crippen LogP contribution in [0, 0.1) is 5.92 Å². The normalized spacial score (nSPS) is 22.6. The molecule has 0 aromatic heterocycles. The predicted molar refractivity (Wildman–Crippen MR) is 64.1 cm³/mol. The summed E-state index contributed by atoms with van der Waals surface area (Å²) < 4.78 is 0. The van der Waals surface area contributed by atoms with E-state index in [1.165, 1.54) is 11.1 Å². The number of hydrogen-bond acceptors (Lipinski definition) is 0. The second kappa shape index (κ2) is 5.43. The first-order valence-corrected chi connectivity index (χ1v) is 5.07. The van der Waals surface area contributed by atoms with Gasteiger partial charge in [-0.3, -0.25) is 0 Å². The zero-order valence-electron chi connectivity index (χ0n) is 9.20. The van der Waals surface area contributed by atoms with Gasteiger partial charge in [-0.25, -0.2) is 0 Å². The van der Waals surface area contributed by atoms with Crippen molar-refractivity contribution < 1.29 is 0 Å². The lowest BCUT2D eigenvalue weighted by Crippen LogP contribution is -1.88. The molecule has 0 amide bonds. The van der Waals surface area contributed by atoms with Gasteiger partial charge in [-0.05, 0) is 20.8 Å². The van der Waals surface area contributed by atoms with Gasteiger partial charge in [0.05, 0.1) is 0 Å². The van der Waals surface area contributed by atoms with Gasteiger partial charge in [0.1, 0.15) is 0 Å². The van der Waals surface area contributed by atoms with E-state index in [-0.39, 0.29) is 0 Å². The van der Waals surface area contributed by atoms with Crippen LogP contribution in [0.5, 0.6) is 0 Å². The van der Waals surface area contributed by atoms with Gasteiger partial charge in [0.2, 0.25) is 0 Å². The molecule has 0 radical (unpaired) electrons. The van der Waals surface area contributed by atoms with Crippen LogP contribution in [-0.4, -0.2) is 0 Å². The van der Waals surface area contributed by atoms with Crippen molar-refractivity contribution in [3.63, 3.8) is 0 Å². The smallest absolute Gasteiger partial charge is 0.0163 e. The Morgan fingerprint density at radius 1 is 1.43 bits per heavy atom. The highest BCUT2D eigenvalue weighted by Crippen LogP contribution is 2.20. The molecule has 0 heterocycles. The highest BCUT2D eigenvalue weighted by Gasteiger charge is 2.05. The molecule has 1 aliphatic carbocycles. The summed E-state index contributed by atoms with van der Waals surface area (Å²) in [5.41, 5.74) is 2.70. The molecule has 1 rings (SSSR count). The number of hydrogen-bond donors (Lipinski definition) is 0. The maximum Gasteiger partial charge on any atom is 0.0163 e. The standard InChI is InChI=1S/C14H18/c1-4-5-7-12(2)10-11-14-9-6-8-13(14)3/h4-11,14H,1-3H3/b5-4+,11-10-,12-7-. The minimum Gasteiger partial charge on any atom is -0.0877 e. The Balaban J connectivity index is 2.56. The third kappa shape index (κ3) is 3.21. The van der Waals surface area contributed by atoms with Gasteiger partial charge in [-0.1, -0.05) is 59.8 Å². The van der Waals surface area contributed by atoms with Gasteiger partial charge in [-0.2, -0.15) is 0 Å². The summed E-state index contributed by atoms with van der Waals surface area (Å²) in [6.45, 7) is 6.31. The maximum absolute atomic E-state index is 2.24. The molecule has 0 N–H and O–H groups in total. The molecule has 0 fully saturated rings. The lowest BCUT2D eigenvalue weighted by Gasteiger charge is -2.02. The summed E-state index contributed by atoms with van der Waals surface area (Å²) in [7, 11) is 0. The lowest BCUT2D eigenvalue weighted by molar-refractivity contribution is 0.989. The first kappa shape index (κ1) is 10.8. The lowest BCUT2D eigenvalue weighted by atomic mass is 10.0. The Morgan fingerprint density at radius 3 is 2.79 bits per heavy atom. The van der Waals surface area contributed by atoms with Crippen molar-refractivity contribution >= 4 is 0 Å². The minimum absolute atomic E-state index is 0.504. The fourth-order valence-electron chi connectivity index (χ4n) is 1.36. The molecule has 1 atom stereocenters. The zero-order chi connectivity index (χ0) is 10.4. The van der Waals surface area contributed by atoms with Crippen molar-refractivity contribution in [3.05, 3.63) is 59.8 Å². The first-order valence-electron chi connectivity index (χ1n) is 5.07. The monoisotopic (exact) mass is 186 g/mol. The molecular formula is C14H18.